The highest BCUT2D eigenvalue weighted by atomic mass is 35.5. The second kappa shape index (κ2) is 10.3. The normalized spacial score (nSPS) is 16.3. The van der Waals surface area contributed by atoms with E-state index in [0.29, 0.717) is 38.0 Å². The summed E-state index contributed by atoms with van der Waals surface area (Å²) in [6.45, 7) is 4.10. The molecule has 0 saturated carbocycles. The lowest BCUT2D eigenvalue weighted by atomic mass is 10.0. The fraction of sp³-hybridized carbons (Fsp3) is 0.217. The van der Waals surface area contributed by atoms with Crippen molar-refractivity contribution in [1.82, 2.24) is 4.90 Å². The molecule has 2 aromatic rings. The van der Waals surface area contributed by atoms with E-state index in [1.54, 1.807) is 39.4 Å². The molecule has 1 fully saturated rings. The number of allylic oxidation sites excluding steroid dienone is 1. The van der Waals surface area contributed by atoms with Crippen LogP contribution in [-0.2, 0) is 17.8 Å². The maximum Gasteiger partial charge on any atom is 0.266 e. The van der Waals surface area contributed by atoms with E-state index >= 15 is 0 Å². The van der Waals surface area contributed by atoms with Crippen LogP contribution in [0.25, 0.3) is 6.08 Å². The number of halogens is 2. The summed E-state index contributed by atoms with van der Waals surface area (Å²) in [6.07, 6.45) is 4.19. The van der Waals surface area contributed by atoms with Gasteiger partial charge in [0.25, 0.3) is 5.91 Å². The fourth-order valence-electron chi connectivity index (χ4n) is 3.08. The molecular weight excluding hydrogens is 455 g/mol. The lowest BCUT2D eigenvalue weighted by Gasteiger charge is -2.16. The van der Waals surface area contributed by atoms with Gasteiger partial charge in [-0.15, -0.1) is 6.58 Å². The van der Waals surface area contributed by atoms with Crippen LogP contribution in [0.1, 0.15) is 16.7 Å². The maximum atomic E-state index is 12.5. The van der Waals surface area contributed by atoms with Gasteiger partial charge in [0.05, 0.1) is 12.0 Å². The van der Waals surface area contributed by atoms with Crippen molar-refractivity contribution in [2.45, 2.75) is 13.0 Å². The number of thioether (sulfide) groups is 1. The lowest BCUT2D eigenvalue weighted by Crippen LogP contribution is -2.23. The summed E-state index contributed by atoms with van der Waals surface area (Å²) in [5.41, 5.74) is 2.53. The summed E-state index contributed by atoms with van der Waals surface area (Å²) in [5, 5.41) is 1.76. The van der Waals surface area contributed by atoms with Crippen LogP contribution < -0.4 is 9.47 Å². The van der Waals surface area contributed by atoms with E-state index < -0.39 is 0 Å². The second-order valence-electron chi connectivity index (χ2n) is 6.71. The first-order valence-electron chi connectivity index (χ1n) is 9.40. The zero-order valence-electron chi connectivity index (χ0n) is 17.4. The molecule has 1 amide bonds. The molecule has 0 aliphatic carbocycles. The Hall–Kier alpha value is -2.41. The molecule has 5 nitrogen and oxygen atoms in total. The SMILES string of the molecule is C=CCc1cc(/C=C2\SC(=NC)N(C)C2=O)cc(OC)c1OCc1ccc(Cl)cc1Cl. The third kappa shape index (κ3) is 5.26. The molecule has 2 aromatic carbocycles. The van der Waals surface area contributed by atoms with Crippen molar-refractivity contribution in [1.29, 1.82) is 0 Å². The fourth-order valence-corrected chi connectivity index (χ4v) is 4.47. The number of amidine groups is 1. The maximum absolute atomic E-state index is 12.5. The van der Waals surface area contributed by atoms with Crippen molar-refractivity contribution in [3.05, 3.63) is 74.6 Å². The van der Waals surface area contributed by atoms with Gasteiger partial charge in [0.1, 0.15) is 6.61 Å². The minimum atomic E-state index is -0.0902. The first kappa shape index (κ1) is 23.3. The number of ether oxygens (including phenoxy) is 2. The minimum absolute atomic E-state index is 0.0902. The Balaban J connectivity index is 1.95. The Morgan fingerprint density at radius 3 is 2.61 bits per heavy atom. The molecule has 1 saturated heterocycles. The van der Waals surface area contributed by atoms with Gasteiger partial charge in [-0.3, -0.25) is 14.7 Å². The highest BCUT2D eigenvalue weighted by Crippen LogP contribution is 2.37. The number of rotatable bonds is 7. The largest absolute Gasteiger partial charge is 0.493 e. The molecule has 1 aliphatic heterocycles. The molecule has 0 spiro atoms. The predicted octanol–water partition coefficient (Wildman–Crippen LogP) is 5.84. The molecule has 8 heteroatoms. The highest BCUT2D eigenvalue weighted by molar-refractivity contribution is 8.18. The number of likely N-dealkylation sites (N-methyl/N-ethyl adjacent to an activating group) is 1. The van der Waals surface area contributed by atoms with E-state index in [2.05, 4.69) is 11.6 Å². The van der Waals surface area contributed by atoms with Crippen molar-refractivity contribution >= 4 is 52.1 Å². The average molecular weight is 477 g/mol. The smallest absolute Gasteiger partial charge is 0.266 e. The summed E-state index contributed by atoms with van der Waals surface area (Å²) in [7, 11) is 4.96. The van der Waals surface area contributed by atoms with Gasteiger partial charge in [-0.2, -0.15) is 0 Å². The van der Waals surface area contributed by atoms with Gasteiger partial charge in [0, 0.05) is 35.3 Å². The molecule has 0 aromatic heterocycles. The monoisotopic (exact) mass is 476 g/mol. The van der Waals surface area contributed by atoms with Gasteiger partial charge < -0.3 is 9.47 Å². The molecular formula is C23H22Cl2N2O3S. The first-order chi connectivity index (χ1) is 14.9. The van der Waals surface area contributed by atoms with E-state index in [0.717, 1.165) is 16.7 Å². The number of amides is 1. The van der Waals surface area contributed by atoms with E-state index in [1.807, 2.05) is 24.3 Å². The molecule has 1 aliphatic rings. The highest BCUT2D eigenvalue weighted by Gasteiger charge is 2.29. The Morgan fingerprint density at radius 2 is 2.00 bits per heavy atom. The quantitative estimate of drug-likeness (QED) is 0.371. The molecule has 0 unspecified atom stereocenters. The first-order valence-corrected chi connectivity index (χ1v) is 11.0. The number of aliphatic imine (C=N–C) groups is 1. The molecule has 0 radical (unpaired) electrons. The molecule has 0 bridgehead atoms. The Bertz CT molecular complexity index is 1080. The van der Waals surface area contributed by atoms with E-state index in [-0.39, 0.29) is 12.5 Å². The van der Waals surface area contributed by atoms with E-state index in [4.69, 9.17) is 32.7 Å². The van der Waals surface area contributed by atoms with Crippen LogP contribution in [-0.4, -0.2) is 37.2 Å². The van der Waals surface area contributed by atoms with Crippen molar-refractivity contribution < 1.29 is 14.3 Å². The summed E-state index contributed by atoms with van der Waals surface area (Å²) in [5.74, 6) is 1.07. The van der Waals surface area contributed by atoms with Crippen molar-refractivity contribution in [2.75, 3.05) is 21.2 Å². The van der Waals surface area contributed by atoms with Gasteiger partial charge >= 0.3 is 0 Å². The van der Waals surface area contributed by atoms with Gasteiger partial charge in [0.2, 0.25) is 0 Å². The number of carbonyl (C=O) groups excluding carboxylic acids is 1. The van der Waals surface area contributed by atoms with E-state index in [1.165, 1.54) is 16.7 Å². The van der Waals surface area contributed by atoms with E-state index in [9.17, 15) is 4.79 Å². The topological polar surface area (TPSA) is 51.1 Å². The predicted molar refractivity (Wildman–Crippen MR) is 129 cm³/mol. The summed E-state index contributed by atoms with van der Waals surface area (Å²) in [4.78, 5) is 18.8. The Labute approximate surface area is 196 Å². The van der Waals surface area contributed by atoms with Crippen LogP contribution in [0.4, 0.5) is 0 Å². The number of carbonyl (C=O) groups is 1. The van der Waals surface area contributed by atoms with Gasteiger partial charge in [0.15, 0.2) is 16.7 Å². The summed E-state index contributed by atoms with van der Waals surface area (Å²) < 4.78 is 11.7. The lowest BCUT2D eigenvalue weighted by molar-refractivity contribution is -0.121. The van der Waals surface area contributed by atoms with Gasteiger partial charge in [-0.1, -0.05) is 35.3 Å². The molecule has 31 heavy (non-hydrogen) atoms. The van der Waals surface area contributed by atoms with Crippen molar-refractivity contribution in [3.63, 3.8) is 0 Å². The minimum Gasteiger partial charge on any atom is -0.493 e. The number of benzene rings is 2. The third-order valence-corrected chi connectivity index (χ3v) is 6.36. The van der Waals surface area contributed by atoms with Crippen LogP contribution >= 0.6 is 35.0 Å². The van der Waals surface area contributed by atoms with Crippen LogP contribution in [0.5, 0.6) is 11.5 Å². The van der Waals surface area contributed by atoms with Crippen molar-refractivity contribution in [2.24, 2.45) is 4.99 Å². The second-order valence-corrected chi connectivity index (χ2v) is 8.56. The van der Waals surface area contributed by atoms with Crippen molar-refractivity contribution in [3.8, 4) is 11.5 Å². The average Bonchev–Trinajstić information content (AvgIpc) is 3.01. The van der Waals surface area contributed by atoms with Crippen LogP contribution in [0.2, 0.25) is 10.0 Å². The van der Waals surface area contributed by atoms with Gasteiger partial charge in [-0.05, 0) is 54.1 Å². The van der Waals surface area contributed by atoms with Crippen LogP contribution in [0, 0.1) is 0 Å². The summed E-state index contributed by atoms with van der Waals surface area (Å²) >= 11 is 13.6. The molecule has 162 valence electrons. The molecule has 0 atom stereocenters. The van der Waals surface area contributed by atoms with Crippen LogP contribution in [0.15, 0.2) is 52.9 Å². The summed E-state index contributed by atoms with van der Waals surface area (Å²) in [6, 6.07) is 9.08. The molecule has 0 N–H and O–H groups in total. The zero-order valence-corrected chi connectivity index (χ0v) is 19.8. The number of methoxy groups -OCH3 is 1. The van der Waals surface area contributed by atoms with Crippen LogP contribution in [0.3, 0.4) is 0 Å². The zero-order chi connectivity index (χ0) is 22.5. The molecule has 1 heterocycles. The number of nitrogens with zero attached hydrogens (tertiary/aromatic N) is 2. The van der Waals surface area contributed by atoms with Gasteiger partial charge in [-0.25, -0.2) is 0 Å². The Morgan fingerprint density at radius 1 is 1.23 bits per heavy atom. The number of hydrogen-bond acceptors (Lipinski definition) is 5. The standard InChI is InChI=1S/C23H22Cl2N2O3S/c1-5-6-15-9-14(11-20-22(28)27(3)23(26-2)31-20)10-19(29-4)21(15)30-13-16-7-8-17(24)12-18(16)25/h5,7-12H,1,6,13H2,2-4H3/b20-11-,26-23?. The Kier molecular flexibility index (Phi) is 7.70. The third-order valence-electron chi connectivity index (χ3n) is 4.62. The molecule has 3 rings (SSSR count). The number of hydrogen-bond donors (Lipinski definition) is 0.